The molecule has 11 heteroatoms. The molecule has 2 saturated carbocycles. The van der Waals surface area contributed by atoms with Gasteiger partial charge in [-0.3, -0.25) is 19.2 Å². The van der Waals surface area contributed by atoms with Crippen molar-refractivity contribution in [1.82, 2.24) is 0 Å². The van der Waals surface area contributed by atoms with E-state index in [1.807, 2.05) is 0 Å². The second-order valence-corrected chi connectivity index (χ2v) is 11.8. The first kappa shape index (κ1) is 30.8. The van der Waals surface area contributed by atoms with E-state index < -0.39 is 82.7 Å². The van der Waals surface area contributed by atoms with Crippen molar-refractivity contribution in [2.45, 2.75) is 104 Å². The summed E-state index contributed by atoms with van der Waals surface area (Å²) < 4.78 is 22.8. The summed E-state index contributed by atoms with van der Waals surface area (Å²) in [4.78, 5) is 49.2. The molecule has 11 nitrogen and oxygen atoms in total. The Morgan fingerprint density at radius 2 is 1.44 bits per heavy atom. The van der Waals surface area contributed by atoms with E-state index in [-0.39, 0.29) is 29.7 Å². The van der Waals surface area contributed by atoms with Gasteiger partial charge in [0.05, 0.1) is 11.5 Å². The lowest BCUT2D eigenvalue weighted by Crippen LogP contribution is -2.74. The van der Waals surface area contributed by atoms with Gasteiger partial charge in [0.15, 0.2) is 0 Å². The minimum absolute atomic E-state index is 0.0256. The van der Waals surface area contributed by atoms with E-state index in [4.69, 9.17) is 18.9 Å². The predicted octanol–water partition coefficient (Wildman–Crippen LogP) is 1.71. The Balaban J connectivity index is 2.48. The van der Waals surface area contributed by atoms with Gasteiger partial charge in [-0.1, -0.05) is 27.4 Å². The van der Waals surface area contributed by atoms with Crippen LogP contribution in [0.25, 0.3) is 0 Å². The van der Waals surface area contributed by atoms with Crippen molar-refractivity contribution in [2.24, 2.45) is 22.7 Å². The van der Waals surface area contributed by atoms with E-state index in [9.17, 15) is 34.5 Å². The van der Waals surface area contributed by atoms with E-state index in [0.717, 1.165) is 6.92 Å². The van der Waals surface area contributed by atoms with E-state index in [0.29, 0.717) is 0 Å². The van der Waals surface area contributed by atoms with Crippen molar-refractivity contribution in [2.75, 3.05) is 0 Å². The van der Waals surface area contributed by atoms with Crippen LogP contribution in [0.1, 0.15) is 68.2 Å². The Morgan fingerprint density at radius 3 is 1.92 bits per heavy atom. The van der Waals surface area contributed by atoms with E-state index in [2.05, 4.69) is 6.58 Å². The number of allylic oxidation sites excluding steroid dienone is 1. The van der Waals surface area contributed by atoms with Gasteiger partial charge in [0.25, 0.3) is 0 Å². The quantitative estimate of drug-likeness (QED) is 0.264. The number of carbonyl (C=O) groups excluding carboxylic acids is 4. The third kappa shape index (κ3) is 4.78. The fourth-order valence-electron chi connectivity index (χ4n) is 7.23. The summed E-state index contributed by atoms with van der Waals surface area (Å²) in [6.45, 7) is 15.3. The third-order valence-electron chi connectivity index (χ3n) is 9.16. The molecule has 0 amide bonds. The molecule has 3 rings (SSSR count). The lowest BCUT2D eigenvalue weighted by Gasteiger charge is -2.64. The minimum atomic E-state index is -2.18. The molecule has 0 radical (unpaired) electrons. The van der Waals surface area contributed by atoms with Gasteiger partial charge >= 0.3 is 23.9 Å². The van der Waals surface area contributed by atoms with Crippen LogP contribution in [0.2, 0.25) is 0 Å². The molecule has 0 aromatic heterocycles. The molecule has 0 aromatic carbocycles. The first-order valence-corrected chi connectivity index (χ1v) is 13.0. The number of fused-ring (bicyclic) bond motifs is 3. The molecule has 0 unspecified atom stereocenters. The SMILES string of the molecule is C=C1[C@@H](O)C[C@H](OC(C)=O)[C@@]2(C)[C@@H](OC(C)=O)[C@H](O)[C@@]3(O)C(C)=C(OC(C)=O)C[C@@H]([C@@H](OC(C)=O)[C@H]12)C3(C)C. The number of hydrogen-bond donors (Lipinski definition) is 3. The highest BCUT2D eigenvalue weighted by atomic mass is 16.6. The Morgan fingerprint density at radius 1 is 0.897 bits per heavy atom. The maximum Gasteiger partial charge on any atom is 0.307 e. The monoisotopic (exact) mass is 552 g/mol. The molecule has 0 heterocycles. The maximum atomic E-state index is 12.5. The van der Waals surface area contributed by atoms with Crippen molar-refractivity contribution in [1.29, 1.82) is 0 Å². The van der Waals surface area contributed by atoms with Crippen LogP contribution in [0, 0.1) is 22.7 Å². The van der Waals surface area contributed by atoms with Crippen LogP contribution in [-0.4, -0.2) is 75.3 Å². The first-order chi connectivity index (χ1) is 17.8. The van der Waals surface area contributed by atoms with Crippen molar-refractivity contribution in [3.8, 4) is 0 Å². The van der Waals surface area contributed by atoms with Gasteiger partial charge in [0.1, 0.15) is 35.8 Å². The van der Waals surface area contributed by atoms with Crippen LogP contribution in [0.5, 0.6) is 0 Å². The van der Waals surface area contributed by atoms with Crippen molar-refractivity contribution < 1.29 is 53.4 Å². The Labute approximate surface area is 228 Å². The number of ether oxygens (including phenoxy) is 4. The molecule has 9 atom stereocenters. The Hall–Kier alpha value is -2.76. The van der Waals surface area contributed by atoms with Gasteiger partial charge in [-0.15, -0.1) is 0 Å². The molecule has 0 saturated heterocycles. The maximum absolute atomic E-state index is 12.5. The lowest BCUT2D eigenvalue weighted by molar-refractivity contribution is -0.273. The first-order valence-electron chi connectivity index (χ1n) is 13.0. The van der Waals surface area contributed by atoms with Crippen LogP contribution >= 0.6 is 0 Å². The number of rotatable bonds is 4. The second-order valence-electron chi connectivity index (χ2n) is 11.8. The summed E-state index contributed by atoms with van der Waals surface area (Å²) in [6.07, 6.45) is -6.98. The van der Waals surface area contributed by atoms with Gasteiger partial charge in [0.2, 0.25) is 0 Å². The molecule has 0 aromatic rings. The Kier molecular flexibility index (Phi) is 8.15. The van der Waals surface area contributed by atoms with Crippen LogP contribution in [0.15, 0.2) is 23.5 Å². The van der Waals surface area contributed by atoms with E-state index in [1.54, 1.807) is 20.8 Å². The second kappa shape index (κ2) is 10.3. The molecular formula is C28H40O11. The van der Waals surface area contributed by atoms with Gasteiger partial charge in [0, 0.05) is 57.8 Å². The molecular weight excluding hydrogens is 512 g/mol. The molecule has 0 spiro atoms. The van der Waals surface area contributed by atoms with Crippen molar-refractivity contribution >= 4 is 23.9 Å². The highest BCUT2D eigenvalue weighted by molar-refractivity contribution is 5.69. The Bertz CT molecular complexity index is 1110. The molecule has 3 aliphatic carbocycles. The average molecular weight is 553 g/mol. The van der Waals surface area contributed by atoms with Crippen LogP contribution in [0.3, 0.4) is 0 Å². The predicted molar refractivity (Wildman–Crippen MR) is 135 cm³/mol. The number of hydrogen-bond acceptors (Lipinski definition) is 11. The summed E-state index contributed by atoms with van der Waals surface area (Å²) in [5.74, 6) is -4.57. The summed E-state index contributed by atoms with van der Waals surface area (Å²) in [5, 5.41) is 35.6. The number of carbonyl (C=O) groups is 4. The van der Waals surface area contributed by atoms with Crippen LogP contribution in [0.4, 0.5) is 0 Å². The van der Waals surface area contributed by atoms with Crippen LogP contribution < -0.4 is 0 Å². The average Bonchev–Trinajstić information content (AvgIpc) is 2.79. The van der Waals surface area contributed by atoms with Crippen molar-refractivity contribution in [3.05, 3.63) is 23.5 Å². The molecule has 2 bridgehead atoms. The molecule has 39 heavy (non-hydrogen) atoms. The largest absolute Gasteiger partial charge is 0.462 e. The normalized spacial score (nSPS) is 39.5. The highest BCUT2D eigenvalue weighted by Crippen LogP contribution is 2.63. The minimum Gasteiger partial charge on any atom is -0.462 e. The van der Waals surface area contributed by atoms with E-state index in [1.165, 1.54) is 27.7 Å². The van der Waals surface area contributed by atoms with Gasteiger partial charge in [-0.05, 0) is 18.1 Å². The van der Waals surface area contributed by atoms with Crippen molar-refractivity contribution in [3.63, 3.8) is 0 Å². The standard InChI is InChI=1S/C28H40O11/c1-12-19(33)11-21(37-15(4)30)27(9)22(12)23(38-16(5)31)18-10-20(36-14(3)29)13(2)28(35,26(18,7)8)24(34)25(27)39-17(6)32/h18-19,21-25,33-35H,1,10-11H2,2-9H3/t18-,19-,21-,22-,23+,24-,25-,27+,28-/m0/s1. The fraction of sp³-hybridized carbons (Fsp3) is 0.714. The zero-order valence-electron chi connectivity index (χ0n) is 23.8. The topological polar surface area (TPSA) is 166 Å². The number of aliphatic hydroxyl groups is 3. The summed E-state index contributed by atoms with van der Waals surface area (Å²) in [6, 6.07) is 0. The molecule has 2 fully saturated rings. The third-order valence-corrected chi connectivity index (χ3v) is 9.16. The van der Waals surface area contributed by atoms with E-state index >= 15 is 0 Å². The highest BCUT2D eigenvalue weighted by Gasteiger charge is 2.72. The fourth-order valence-corrected chi connectivity index (χ4v) is 7.23. The van der Waals surface area contributed by atoms with Gasteiger partial charge in [-0.25, -0.2) is 0 Å². The summed E-state index contributed by atoms with van der Waals surface area (Å²) in [7, 11) is 0. The summed E-state index contributed by atoms with van der Waals surface area (Å²) >= 11 is 0. The van der Waals surface area contributed by atoms with Gasteiger partial charge in [-0.2, -0.15) is 0 Å². The molecule has 0 aliphatic heterocycles. The lowest BCUT2D eigenvalue weighted by atomic mass is 9.45. The number of esters is 4. The molecule has 3 aliphatic rings. The summed E-state index contributed by atoms with van der Waals surface area (Å²) in [5.41, 5.74) is -4.62. The number of aliphatic hydroxyl groups excluding tert-OH is 2. The molecule has 3 N–H and O–H groups in total. The zero-order chi connectivity index (χ0) is 29.8. The van der Waals surface area contributed by atoms with Crippen LogP contribution in [-0.2, 0) is 38.1 Å². The zero-order valence-corrected chi connectivity index (χ0v) is 23.8. The van der Waals surface area contributed by atoms with Gasteiger partial charge < -0.3 is 34.3 Å². The molecule has 218 valence electrons. The smallest absolute Gasteiger partial charge is 0.307 e.